The van der Waals surface area contributed by atoms with Gasteiger partial charge in [-0.3, -0.25) is 4.90 Å². The fourth-order valence-corrected chi connectivity index (χ4v) is 2.97. The van der Waals surface area contributed by atoms with Gasteiger partial charge in [0.05, 0.1) is 17.4 Å². The number of pyridine rings is 1. The molecule has 0 radical (unpaired) electrons. The van der Waals surface area contributed by atoms with E-state index in [1.54, 1.807) is 19.1 Å². The third-order valence-corrected chi connectivity index (χ3v) is 4.95. The van der Waals surface area contributed by atoms with Crippen LogP contribution in [0.1, 0.15) is 44.6 Å². The summed E-state index contributed by atoms with van der Waals surface area (Å²) in [4.78, 5) is 17.1. The predicted molar refractivity (Wildman–Crippen MR) is 89.6 cm³/mol. The van der Waals surface area contributed by atoms with Gasteiger partial charge in [-0.25, -0.2) is 14.2 Å². The van der Waals surface area contributed by atoms with Crippen LogP contribution in [-0.4, -0.2) is 36.1 Å². The molecule has 3 heterocycles. The van der Waals surface area contributed by atoms with E-state index in [0.29, 0.717) is 22.8 Å². The van der Waals surface area contributed by atoms with Crippen molar-refractivity contribution in [3.63, 3.8) is 0 Å². The van der Waals surface area contributed by atoms with Crippen LogP contribution in [-0.2, 0) is 5.54 Å². The fourth-order valence-electron chi connectivity index (χ4n) is 2.97. The van der Waals surface area contributed by atoms with Gasteiger partial charge in [0.15, 0.2) is 5.82 Å². The predicted octanol–water partition coefficient (Wildman–Crippen LogP) is 3.34. The van der Waals surface area contributed by atoms with Gasteiger partial charge in [-0.1, -0.05) is 26.0 Å². The molecule has 0 spiro atoms. The maximum absolute atomic E-state index is 13.5. The zero-order valence-corrected chi connectivity index (χ0v) is 14.8. The van der Waals surface area contributed by atoms with E-state index in [0.717, 1.165) is 6.20 Å². The Morgan fingerprint density at radius 2 is 2.04 bits per heavy atom. The summed E-state index contributed by atoms with van der Waals surface area (Å²) in [7, 11) is 0. The number of hydrogen-bond donors (Lipinski definition) is 1. The highest BCUT2D eigenvalue weighted by molar-refractivity contribution is 5.72. The molecule has 1 aliphatic heterocycles. The molecule has 1 N–H and O–H groups in total. The molecule has 132 valence electrons. The quantitative estimate of drug-likeness (QED) is 0.857. The highest BCUT2D eigenvalue weighted by Crippen LogP contribution is 2.47. The Bertz CT molecular complexity index is 884. The topological polar surface area (TPSA) is 84.1 Å². The molecule has 0 bridgehead atoms. The Balaban J connectivity index is 2.22. The molecule has 0 aromatic carbocycles. The van der Waals surface area contributed by atoms with E-state index in [1.165, 1.54) is 15.8 Å². The Morgan fingerprint density at radius 3 is 2.60 bits per heavy atom. The minimum atomic E-state index is -1.07. The van der Waals surface area contributed by atoms with E-state index < -0.39 is 22.9 Å². The maximum Gasteiger partial charge on any atom is 0.412 e. The van der Waals surface area contributed by atoms with Crippen molar-refractivity contribution in [1.29, 1.82) is 0 Å². The number of nitrogens with zero attached hydrogens (tertiary/aromatic N) is 5. The molecular formula is C17H20FN5O2. The zero-order valence-electron chi connectivity index (χ0n) is 14.8. The van der Waals surface area contributed by atoms with Crippen LogP contribution >= 0.6 is 0 Å². The van der Waals surface area contributed by atoms with Crippen LogP contribution in [0.5, 0.6) is 0 Å². The number of hydrogen-bond acceptors (Lipinski definition) is 4. The van der Waals surface area contributed by atoms with Crippen molar-refractivity contribution in [2.75, 3.05) is 0 Å². The first-order chi connectivity index (χ1) is 11.6. The summed E-state index contributed by atoms with van der Waals surface area (Å²) in [5.74, 6) is 0.0298. The molecule has 1 atom stereocenters. The highest BCUT2D eigenvalue weighted by Gasteiger charge is 2.51. The first kappa shape index (κ1) is 17.1. The van der Waals surface area contributed by atoms with Gasteiger partial charge in [0.25, 0.3) is 0 Å². The fraction of sp³-hybridized carbons (Fsp3) is 0.412. The lowest BCUT2D eigenvalue weighted by Gasteiger charge is -2.47. The molecule has 0 saturated heterocycles. The van der Waals surface area contributed by atoms with Gasteiger partial charge in [-0.05, 0) is 37.0 Å². The lowest BCUT2D eigenvalue weighted by atomic mass is 9.70. The molecule has 2 aromatic heterocycles. The minimum Gasteiger partial charge on any atom is -0.465 e. The van der Waals surface area contributed by atoms with E-state index in [4.69, 9.17) is 0 Å². The molecule has 0 saturated carbocycles. The number of carboxylic acid groups (broad SMARTS) is 1. The third-order valence-electron chi connectivity index (χ3n) is 4.95. The van der Waals surface area contributed by atoms with Crippen molar-refractivity contribution >= 4 is 12.2 Å². The van der Waals surface area contributed by atoms with Gasteiger partial charge in [0, 0.05) is 6.20 Å². The van der Waals surface area contributed by atoms with Crippen LogP contribution in [0.4, 0.5) is 9.18 Å². The Kier molecular flexibility index (Phi) is 3.66. The molecular weight excluding hydrogens is 325 g/mol. The Morgan fingerprint density at radius 1 is 1.36 bits per heavy atom. The van der Waals surface area contributed by atoms with Gasteiger partial charge in [-0.15, -0.1) is 5.10 Å². The van der Waals surface area contributed by atoms with Crippen LogP contribution in [0, 0.1) is 18.2 Å². The molecule has 3 rings (SSSR count). The zero-order chi connectivity index (χ0) is 18.6. The molecule has 2 aromatic rings. The summed E-state index contributed by atoms with van der Waals surface area (Å²) >= 11 is 0. The third kappa shape index (κ3) is 2.40. The lowest BCUT2D eigenvalue weighted by Crippen LogP contribution is -2.53. The molecule has 7 nitrogen and oxygen atoms in total. The standard InChI is InChI=1S/C17H20FN5O2/c1-10-8-13(19-9-11(10)18)23-12-6-7-22(15(24)25)17(5,16(2,3)4)14(12)20-21-23/h6-9H,1-5H3,(H,24,25). The summed E-state index contributed by atoms with van der Waals surface area (Å²) < 4.78 is 15.0. The number of aromatic nitrogens is 4. The SMILES string of the molecule is Cc1cc(-n2nnc3c2C=CN(C(=O)O)C3(C)C(C)(C)C)ncc1F. The average molecular weight is 345 g/mol. The average Bonchev–Trinajstić information content (AvgIpc) is 2.94. The van der Waals surface area contributed by atoms with Crippen molar-refractivity contribution in [2.24, 2.45) is 5.41 Å². The largest absolute Gasteiger partial charge is 0.465 e. The maximum atomic E-state index is 13.5. The number of amides is 1. The number of halogens is 1. The van der Waals surface area contributed by atoms with Crippen molar-refractivity contribution in [3.05, 3.63) is 41.2 Å². The second-order valence-electron chi connectivity index (χ2n) is 7.32. The molecule has 1 amide bonds. The number of rotatable bonds is 1. The normalized spacial score (nSPS) is 19.8. The number of aryl methyl sites for hydroxylation is 1. The van der Waals surface area contributed by atoms with Gasteiger partial charge in [0.2, 0.25) is 0 Å². The molecule has 0 fully saturated rings. The molecule has 8 heteroatoms. The van der Waals surface area contributed by atoms with Crippen molar-refractivity contribution in [3.8, 4) is 5.82 Å². The van der Waals surface area contributed by atoms with E-state index in [2.05, 4.69) is 15.3 Å². The lowest BCUT2D eigenvalue weighted by molar-refractivity contribution is 0.0368. The molecule has 1 aliphatic rings. The van der Waals surface area contributed by atoms with Crippen LogP contribution < -0.4 is 0 Å². The first-order valence-electron chi connectivity index (χ1n) is 7.86. The smallest absolute Gasteiger partial charge is 0.412 e. The van der Waals surface area contributed by atoms with Crippen LogP contribution in [0.3, 0.4) is 0 Å². The second-order valence-corrected chi connectivity index (χ2v) is 7.32. The summed E-state index contributed by atoms with van der Waals surface area (Å²) in [6, 6.07) is 1.58. The molecule has 0 aliphatic carbocycles. The minimum absolute atomic E-state index is 0.398. The van der Waals surface area contributed by atoms with Gasteiger partial charge >= 0.3 is 6.09 Å². The summed E-state index contributed by atoms with van der Waals surface area (Å²) in [6.45, 7) is 9.32. The number of carbonyl (C=O) groups is 1. The monoisotopic (exact) mass is 345 g/mol. The van der Waals surface area contributed by atoms with Crippen molar-refractivity contribution in [1.82, 2.24) is 24.9 Å². The second kappa shape index (κ2) is 5.37. The van der Waals surface area contributed by atoms with Gasteiger partial charge < -0.3 is 5.11 Å². The van der Waals surface area contributed by atoms with Crippen molar-refractivity contribution < 1.29 is 14.3 Å². The Hall–Kier alpha value is -2.77. The van der Waals surface area contributed by atoms with Crippen molar-refractivity contribution in [2.45, 2.75) is 40.2 Å². The van der Waals surface area contributed by atoms with E-state index in [-0.39, 0.29) is 0 Å². The number of fused-ring (bicyclic) bond motifs is 1. The van der Waals surface area contributed by atoms with Crippen LogP contribution in [0.2, 0.25) is 0 Å². The summed E-state index contributed by atoms with van der Waals surface area (Å²) in [5, 5.41) is 18.0. The van der Waals surface area contributed by atoms with Gasteiger partial charge in [0.1, 0.15) is 11.5 Å². The summed E-state index contributed by atoms with van der Waals surface area (Å²) in [6.07, 6.45) is 3.21. The van der Waals surface area contributed by atoms with E-state index in [1.807, 2.05) is 27.7 Å². The van der Waals surface area contributed by atoms with Crippen LogP contribution in [0.15, 0.2) is 18.5 Å². The van der Waals surface area contributed by atoms with E-state index in [9.17, 15) is 14.3 Å². The molecule has 25 heavy (non-hydrogen) atoms. The van der Waals surface area contributed by atoms with Gasteiger partial charge in [-0.2, -0.15) is 4.68 Å². The molecule has 1 unspecified atom stereocenters. The van der Waals surface area contributed by atoms with Crippen LogP contribution in [0.25, 0.3) is 11.9 Å². The Labute approximate surface area is 144 Å². The summed E-state index contributed by atoms with van der Waals surface area (Å²) in [5.41, 5.74) is 0.246. The van der Waals surface area contributed by atoms with E-state index >= 15 is 0 Å². The highest BCUT2D eigenvalue weighted by atomic mass is 19.1. The first-order valence-corrected chi connectivity index (χ1v) is 7.86.